The molecule has 1 fully saturated rings. The van der Waals surface area contributed by atoms with Gasteiger partial charge in [-0.3, -0.25) is 14.4 Å². The molecular weight excluding hydrogens is 444 g/mol. The Bertz CT molecular complexity index is 1110. The van der Waals surface area contributed by atoms with Crippen LogP contribution in [-0.2, 0) is 19.1 Å². The SMILES string of the molecule is CCOC(=O)[C@H]1[C@@H]2C(=O)N(CCCCO)[C@H](C(=O)Nc3ccc4ccccc4c3)[C@H]2C=C[C@H]1CC. The summed E-state index contributed by atoms with van der Waals surface area (Å²) in [5.74, 6) is -2.61. The molecule has 0 bridgehead atoms. The highest BCUT2D eigenvalue weighted by atomic mass is 16.5. The first-order valence-electron chi connectivity index (χ1n) is 12.6. The summed E-state index contributed by atoms with van der Waals surface area (Å²) in [5, 5.41) is 14.4. The Morgan fingerprint density at radius 2 is 1.83 bits per heavy atom. The van der Waals surface area contributed by atoms with Crippen molar-refractivity contribution in [2.45, 2.75) is 39.2 Å². The lowest BCUT2D eigenvalue weighted by Crippen LogP contribution is -2.44. The van der Waals surface area contributed by atoms with E-state index >= 15 is 0 Å². The number of aliphatic hydroxyl groups is 1. The molecule has 5 atom stereocenters. The van der Waals surface area contributed by atoms with Crippen LogP contribution in [0.5, 0.6) is 0 Å². The Morgan fingerprint density at radius 3 is 2.54 bits per heavy atom. The second-order valence-electron chi connectivity index (χ2n) is 9.30. The van der Waals surface area contributed by atoms with Crippen LogP contribution < -0.4 is 5.32 Å². The van der Waals surface area contributed by atoms with Gasteiger partial charge < -0.3 is 20.1 Å². The smallest absolute Gasteiger partial charge is 0.310 e. The van der Waals surface area contributed by atoms with Gasteiger partial charge in [-0.25, -0.2) is 0 Å². The van der Waals surface area contributed by atoms with Crippen molar-refractivity contribution in [1.82, 2.24) is 4.90 Å². The number of carbonyl (C=O) groups is 3. The van der Waals surface area contributed by atoms with Crippen LogP contribution in [0.1, 0.15) is 33.1 Å². The van der Waals surface area contributed by atoms with E-state index in [2.05, 4.69) is 5.32 Å². The molecule has 1 saturated heterocycles. The molecule has 7 heteroatoms. The van der Waals surface area contributed by atoms with E-state index in [1.54, 1.807) is 11.8 Å². The van der Waals surface area contributed by atoms with Crippen LogP contribution in [0.2, 0.25) is 0 Å². The largest absolute Gasteiger partial charge is 0.466 e. The highest BCUT2D eigenvalue weighted by Gasteiger charge is 2.57. The number of hydrogen-bond donors (Lipinski definition) is 2. The van der Waals surface area contributed by atoms with Gasteiger partial charge in [0.2, 0.25) is 11.8 Å². The van der Waals surface area contributed by atoms with Gasteiger partial charge in [0.25, 0.3) is 0 Å². The monoisotopic (exact) mass is 478 g/mol. The number of allylic oxidation sites excluding steroid dienone is 1. The summed E-state index contributed by atoms with van der Waals surface area (Å²) in [7, 11) is 0. The first-order chi connectivity index (χ1) is 17.0. The van der Waals surface area contributed by atoms with Gasteiger partial charge in [-0.2, -0.15) is 0 Å². The molecule has 35 heavy (non-hydrogen) atoms. The van der Waals surface area contributed by atoms with E-state index in [1.165, 1.54) is 0 Å². The molecule has 1 aliphatic carbocycles. The van der Waals surface area contributed by atoms with E-state index in [0.29, 0.717) is 31.5 Å². The Labute approximate surface area is 206 Å². The van der Waals surface area contributed by atoms with E-state index in [4.69, 9.17) is 4.74 Å². The number of unbranched alkanes of at least 4 members (excludes halogenated alkanes) is 1. The van der Waals surface area contributed by atoms with Gasteiger partial charge in [0.15, 0.2) is 0 Å². The number of likely N-dealkylation sites (tertiary alicyclic amines) is 1. The van der Waals surface area contributed by atoms with E-state index in [1.807, 2.05) is 61.5 Å². The fourth-order valence-electron chi connectivity index (χ4n) is 5.57. The molecular formula is C28H34N2O5. The zero-order valence-corrected chi connectivity index (χ0v) is 20.4. The van der Waals surface area contributed by atoms with Crippen LogP contribution in [0.4, 0.5) is 5.69 Å². The number of esters is 1. The summed E-state index contributed by atoms with van der Waals surface area (Å²) < 4.78 is 5.36. The number of anilines is 1. The fourth-order valence-corrected chi connectivity index (χ4v) is 5.57. The van der Waals surface area contributed by atoms with E-state index in [0.717, 1.165) is 10.8 Å². The summed E-state index contributed by atoms with van der Waals surface area (Å²) in [6.45, 7) is 4.36. The van der Waals surface area contributed by atoms with Crippen molar-refractivity contribution in [3.8, 4) is 0 Å². The second-order valence-corrected chi connectivity index (χ2v) is 9.30. The highest BCUT2D eigenvalue weighted by molar-refractivity contribution is 6.02. The summed E-state index contributed by atoms with van der Waals surface area (Å²) >= 11 is 0. The number of nitrogens with zero attached hydrogens (tertiary/aromatic N) is 1. The molecule has 0 saturated carbocycles. The fraction of sp³-hybridized carbons (Fsp3) is 0.464. The second kappa shape index (κ2) is 11.0. The summed E-state index contributed by atoms with van der Waals surface area (Å²) in [5.41, 5.74) is 0.660. The maximum absolute atomic E-state index is 13.7. The average molecular weight is 479 g/mol. The molecule has 2 aromatic carbocycles. The van der Waals surface area contributed by atoms with Gasteiger partial charge >= 0.3 is 5.97 Å². The average Bonchev–Trinajstić information content (AvgIpc) is 3.15. The number of hydrogen-bond acceptors (Lipinski definition) is 5. The summed E-state index contributed by atoms with van der Waals surface area (Å²) in [6.07, 6.45) is 5.74. The molecule has 0 spiro atoms. The molecule has 4 rings (SSSR count). The van der Waals surface area contributed by atoms with Crippen LogP contribution in [-0.4, -0.2) is 53.6 Å². The third-order valence-electron chi connectivity index (χ3n) is 7.23. The Balaban J connectivity index is 1.65. The standard InChI is InChI=1S/C28H34N2O5/c1-3-18-12-14-22-24(23(18)28(34)35-4-2)27(33)30(15-7-8-16-31)25(22)26(32)29-21-13-11-19-9-5-6-10-20(19)17-21/h5-6,9-14,17-18,22-25,31H,3-4,7-8,15-16H2,1-2H3,(H,29,32)/t18-,22+,23-,24-,25+/m1/s1. The van der Waals surface area contributed by atoms with E-state index < -0.39 is 23.8 Å². The molecule has 0 unspecified atom stereocenters. The number of aliphatic hydroxyl groups excluding tert-OH is 1. The first-order valence-corrected chi connectivity index (χ1v) is 12.6. The Kier molecular flexibility index (Phi) is 7.86. The van der Waals surface area contributed by atoms with Crippen molar-refractivity contribution >= 4 is 34.2 Å². The summed E-state index contributed by atoms with van der Waals surface area (Å²) in [4.78, 5) is 41.9. The number of nitrogens with one attached hydrogen (secondary N) is 1. The van der Waals surface area contributed by atoms with E-state index in [9.17, 15) is 19.5 Å². The molecule has 0 aromatic heterocycles. The van der Waals surface area contributed by atoms with Gasteiger partial charge in [0, 0.05) is 24.8 Å². The van der Waals surface area contributed by atoms with Crippen molar-refractivity contribution in [2.24, 2.45) is 23.7 Å². The van der Waals surface area contributed by atoms with Crippen LogP contribution in [0, 0.1) is 23.7 Å². The zero-order valence-electron chi connectivity index (χ0n) is 20.4. The maximum atomic E-state index is 13.7. The third kappa shape index (κ3) is 4.96. The predicted octanol–water partition coefficient (Wildman–Crippen LogP) is 3.77. The zero-order chi connectivity index (χ0) is 24.9. The van der Waals surface area contributed by atoms with E-state index in [-0.39, 0.29) is 36.9 Å². The number of fused-ring (bicyclic) bond motifs is 2. The minimum absolute atomic E-state index is 0.0199. The van der Waals surface area contributed by atoms with Crippen molar-refractivity contribution in [3.05, 3.63) is 54.6 Å². The van der Waals surface area contributed by atoms with Crippen LogP contribution in [0.25, 0.3) is 10.8 Å². The number of benzene rings is 2. The van der Waals surface area contributed by atoms with Gasteiger partial charge in [-0.1, -0.05) is 49.4 Å². The Morgan fingerprint density at radius 1 is 1.06 bits per heavy atom. The number of amides is 2. The molecule has 2 aliphatic rings. The van der Waals surface area contributed by atoms with Crippen molar-refractivity contribution in [1.29, 1.82) is 0 Å². The van der Waals surface area contributed by atoms with Gasteiger partial charge in [0.1, 0.15) is 6.04 Å². The molecule has 186 valence electrons. The molecule has 0 radical (unpaired) electrons. The molecule has 1 heterocycles. The minimum Gasteiger partial charge on any atom is -0.466 e. The Hall–Kier alpha value is -3.19. The van der Waals surface area contributed by atoms with Crippen LogP contribution in [0.3, 0.4) is 0 Å². The molecule has 2 N–H and O–H groups in total. The lowest BCUT2D eigenvalue weighted by Gasteiger charge is -2.33. The molecule has 1 aliphatic heterocycles. The van der Waals surface area contributed by atoms with Gasteiger partial charge in [-0.05, 0) is 55.0 Å². The van der Waals surface area contributed by atoms with Crippen LogP contribution in [0.15, 0.2) is 54.6 Å². The third-order valence-corrected chi connectivity index (χ3v) is 7.23. The summed E-state index contributed by atoms with van der Waals surface area (Å²) in [6, 6.07) is 12.9. The number of carbonyl (C=O) groups excluding carboxylic acids is 3. The van der Waals surface area contributed by atoms with Gasteiger partial charge in [0.05, 0.1) is 18.4 Å². The normalized spacial score (nSPS) is 25.5. The predicted molar refractivity (Wildman–Crippen MR) is 134 cm³/mol. The lowest BCUT2D eigenvalue weighted by atomic mass is 9.69. The number of rotatable bonds is 9. The maximum Gasteiger partial charge on any atom is 0.310 e. The highest BCUT2D eigenvalue weighted by Crippen LogP contribution is 2.45. The first kappa shape index (κ1) is 24.9. The van der Waals surface area contributed by atoms with Crippen molar-refractivity contribution in [3.63, 3.8) is 0 Å². The van der Waals surface area contributed by atoms with Crippen LogP contribution >= 0.6 is 0 Å². The van der Waals surface area contributed by atoms with Crippen molar-refractivity contribution < 1.29 is 24.2 Å². The topological polar surface area (TPSA) is 95.9 Å². The molecule has 7 nitrogen and oxygen atoms in total. The molecule has 2 amide bonds. The lowest BCUT2D eigenvalue weighted by molar-refractivity contribution is -0.155. The minimum atomic E-state index is -0.733. The quantitative estimate of drug-likeness (QED) is 0.325. The van der Waals surface area contributed by atoms with Crippen molar-refractivity contribution in [2.75, 3.05) is 25.1 Å². The number of ether oxygens (including phenoxy) is 1. The van der Waals surface area contributed by atoms with Gasteiger partial charge in [-0.15, -0.1) is 0 Å². The molecule has 2 aromatic rings.